The van der Waals surface area contributed by atoms with E-state index in [0.29, 0.717) is 0 Å². The van der Waals surface area contributed by atoms with Gasteiger partial charge in [0.2, 0.25) is 0 Å². The second-order valence-electron chi connectivity index (χ2n) is 1.81. The fraction of sp³-hybridized carbons (Fsp3) is 1.00. The molecule has 0 aromatic rings. The first-order valence-corrected chi connectivity index (χ1v) is 5.61. The highest BCUT2D eigenvalue weighted by Gasteiger charge is 1.93. The Morgan fingerprint density at radius 3 is 2.00 bits per heavy atom. The highest BCUT2D eigenvalue weighted by atomic mass is 33.1. The van der Waals surface area contributed by atoms with E-state index in [1.54, 1.807) is 10.8 Å². The summed E-state index contributed by atoms with van der Waals surface area (Å²) in [4.78, 5) is 0. The van der Waals surface area contributed by atoms with Crippen molar-refractivity contribution in [3.63, 3.8) is 0 Å². The molecule has 2 heteroatoms. The van der Waals surface area contributed by atoms with Crippen molar-refractivity contribution in [2.24, 2.45) is 5.92 Å². The molecule has 0 N–H and O–H groups in total. The SMILES string of the molecule is CC.CCC(C)CSS. The maximum absolute atomic E-state index is 4.03. The van der Waals surface area contributed by atoms with Crippen molar-refractivity contribution in [2.75, 3.05) is 5.75 Å². The average Bonchev–Trinajstić information content (AvgIpc) is 1.93. The molecular formula is C7H18S2. The van der Waals surface area contributed by atoms with Crippen LogP contribution in [0.1, 0.15) is 34.1 Å². The summed E-state index contributed by atoms with van der Waals surface area (Å²) >= 11 is 4.03. The fourth-order valence-electron chi connectivity index (χ4n) is 0.245. The number of rotatable bonds is 3. The monoisotopic (exact) mass is 166 g/mol. The Morgan fingerprint density at radius 1 is 1.44 bits per heavy atom. The van der Waals surface area contributed by atoms with Crippen LogP contribution in [0.5, 0.6) is 0 Å². The van der Waals surface area contributed by atoms with Crippen molar-refractivity contribution in [1.29, 1.82) is 0 Å². The van der Waals surface area contributed by atoms with Gasteiger partial charge in [0.15, 0.2) is 0 Å². The third kappa shape index (κ3) is 12.0. The van der Waals surface area contributed by atoms with E-state index in [0.717, 1.165) is 5.92 Å². The highest BCUT2D eigenvalue weighted by molar-refractivity contribution is 8.68. The summed E-state index contributed by atoms with van der Waals surface area (Å²) in [7, 11) is 1.63. The maximum atomic E-state index is 4.03. The molecule has 1 atom stereocenters. The molecule has 0 nitrogen and oxygen atoms in total. The van der Waals surface area contributed by atoms with Crippen LogP contribution in [0, 0.1) is 5.92 Å². The molecule has 0 saturated carbocycles. The van der Waals surface area contributed by atoms with Gasteiger partial charge >= 0.3 is 0 Å². The van der Waals surface area contributed by atoms with Gasteiger partial charge in [-0.1, -0.05) is 44.9 Å². The predicted octanol–water partition coefficient (Wildman–Crippen LogP) is 3.64. The summed E-state index contributed by atoms with van der Waals surface area (Å²) in [5, 5.41) is 0. The third-order valence-corrected chi connectivity index (χ3v) is 2.22. The lowest BCUT2D eigenvalue weighted by molar-refractivity contribution is 0.638. The molecule has 0 radical (unpaired) electrons. The molecular weight excluding hydrogens is 148 g/mol. The summed E-state index contributed by atoms with van der Waals surface area (Å²) in [5.74, 6) is 2.02. The number of hydrogen-bond acceptors (Lipinski definition) is 2. The zero-order chi connectivity index (χ0) is 7.70. The van der Waals surface area contributed by atoms with E-state index in [2.05, 4.69) is 25.5 Å². The van der Waals surface area contributed by atoms with Gasteiger partial charge in [-0.05, 0) is 5.92 Å². The van der Waals surface area contributed by atoms with Crippen molar-refractivity contribution in [3.05, 3.63) is 0 Å². The lowest BCUT2D eigenvalue weighted by Crippen LogP contribution is -1.92. The van der Waals surface area contributed by atoms with Crippen molar-refractivity contribution < 1.29 is 0 Å². The molecule has 1 unspecified atom stereocenters. The van der Waals surface area contributed by atoms with Crippen molar-refractivity contribution in [1.82, 2.24) is 0 Å². The molecule has 0 saturated heterocycles. The highest BCUT2D eigenvalue weighted by Crippen LogP contribution is 2.13. The van der Waals surface area contributed by atoms with E-state index >= 15 is 0 Å². The largest absolute Gasteiger partial charge is 0.111 e. The van der Waals surface area contributed by atoms with Crippen LogP contribution in [0.25, 0.3) is 0 Å². The second-order valence-corrected chi connectivity index (χ2v) is 3.18. The van der Waals surface area contributed by atoms with Gasteiger partial charge in [0.25, 0.3) is 0 Å². The van der Waals surface area contributed by atoms with Crippen LogP contribution in [0.4, 0.5) is 0 Å². The summed E-state index contributed by atoms with van der Waals surface area (Å²) in [6.07, 6.45) is 1.27. The zero-order valence-corrected chi connectivity index (χ0v) is 8.56. The van der Waals surface area contributed by atoms with Crippen LogP contribution in [-0.2, 0) is 0 Å². The van der Waals surface area contributed by atoms with E-state index in [1.165, 1.54) is 12.2 Å². The van der Waals surface area contributed by atoms with E-state index < -0.39 is 0 Å². The summed E-state index contributed by atoms with van der Waals surface area (Å²) < 4.78 is 0. The minimum Gasteiger partial charge on any atom is -0.111 e. The summed E-state index contributed by atoms with van der Waals surface area (Å²) in [6, 6.07) is 0. The molecule has 0 aliphatic carbocycles. The Morgan fingerprint density at radius 2 is 1.89 bits per heavy atom. The van der Waals surface area contributed by atoms with E-state index in [4.69, 9.17) is 0 Å². The average molecular weight is 166 g/mol. The molecule has 0 fully saturated rings. The Bertz CT molecular complexity index is 37.9. The number of hydrogen-bond donors (Lipinski definition) is 1. The molecule has 0 heterocycles. The van der Waals surface area contributed by atoms with Crippen LogP contribution in [0.3, 0.4) is 0 Å². The van der Waals surface area contributed by atoms with Crippen LogP contribution in [0.15, 0.2) is 0 Å². The van der Waals surface area contributed by atoms with Gasteiger partial charge < -0.3 is 0 Å². The van der Waals surface area contributed by atoms with Gasteiger partial charge in [0.1, 0.15) is 0 Å². The molecule has 0 aliphatic rings. The predicted molar refractivity (Wildman–Crippen MR) is 52.2 cm³/mol. The van der Waals surface area contributed by atoms with Crippen molar-refractivity contribution in [2.45, 2.75) is 34.1 Å². The minimum atomic E-state index is 0.836. The van der Waals surface area contributed by atoms with Gasteiger partial charge in [-0.25, -0.2) is 0 Å². The standard InChI is InChI=1S/C5H12S2.C2H6/c1-3-5(2)4-7-6;1-2/h5-6H,3-4H2,1-2H3;1-2H3. The molecule has 0 aromatic heterocycles. The molecule has 9 heavy (non-hydrogen) atoms. The summed E-state index contributed by atoms with van der Waals surface area (Å²) in [6.45, 7) is 8.44. The van der Waals surface area contributed by atoms with Crippen molar-refractivity contribution in [3.8, 4) is 0 Å². The van der Waals surface area contributed by atoms with Crippen LogP contribution in [-0.4, -0.2) is 5.75 Å². The van der Waals surface area contributed by atoms with Gasteiger partial charge in [-0.2, -0.15) is 0 Å². The molecule has 0 aliphatic heterocycles. The normalized spacial score (nSPS) is 11.7. The quantitative estimate of drug-likeness (QED) is 0.493. The van der Waals surface area contributed by atoms with Crippen LogP contribution in [0.2, 0.25) is 0 Å². The Kier molecular flexibility index (Phi) is 15.8. The molecule has 0 aromatic carbocycles. The Labute approximate surface area is 68.6 Å². The first-order chi connectivity index (χ1) is 4.31. The number of thiol groups is 1. The van der Waals surface area contributed by atoms with Gasteiger partial charge in [0, 0.05) is 5.75 Å². The van der Waals surface area contributed by atoms with E-state index in [1.807, 2.05) is 13.8 Å². The van der Waals surface area contributed by atoms with E-state index in [-0.39, 0.29) is 0 Å². The first kappa shape index (κ1) is 12.4. The molecule has 0 bridgehead atoms. The van der Waals surface area contributed by atoms with Crippen LogP contribution >= 0.6 is 22.5 Å². The maximum Gasteiger partial charge on any atom is 0.00601 e. The van der Waals surface area contributed by atoms with Crippen LogP contribution < -0.4 is 0 Å². The lowest BCUT2D eigenvalue weighted by Gasteiger charge is -2.01. The smallest absolute Gasteiger partial charge is 0.00601 e. The second kappa shape index (κ2) is 11.5. The van der Waals surface area contributed by atoms with E-state index in [9.17, 15) is 0 Å². The topological polar surface area (TPSA) is 0 Å². The lowest BCUT2D eigenvalue weighted by atomic mass is 10.2. The van der Waals surface area contributed by atoms with Crippen molar-refractivity contribution >= 4 is 22.5 Å². The molecule has 0 spiro atoms. The third-order valence-electron chi connectivity index (χ3n) is 1.06. The molecule has 58 valence electrons. The first-order valence-electron chi connectivity index (χ1n) is 3.57. The van der Waals surface area contributed by atoms with Gasteiger partial charge in [-0.3, -0.25) is 0 Å². The zero-order valence-electron chi connectivity index (χ0n) is 6.85. The minimum absolute atomic E-state index is 0.836. The molecule has 0 amide bonds. The Balaban J connectivity index is 0. The molecule has 0 rings (SSSR count). The summed E-state index contributed by atoms with van der Waals surface area (Å²) in [5.41, 5.74) is 0. The Hall–Kier alpha value is 0.700. The fourth-order valence-corrected chi connectivity index (χ4v) is 1.50. The van der Waals surface area contributed by atoms with Gasteiger partial charge in [-0.15, -0.1) is 11.7 Å². The van der Waals surface area contributed by atoms with Gasteiger partial charge in [0.05, 0.1) is 0 Å².